The molecule has 1 N–H and O–H groups in total. The fourth-order valence-corrected chi connectivity index (χ4v) is 2.69. The second-order valence-corrected chi connectivity index (χ2v) is 6.63. The van der Waals surface area contributed by atoms with Crippen molar-refractivity contribution in [1.29, 1.82) is 0 Å². The number of allylic oxidation sites excluding steroid dienone is 1. The summed E-state index contributed by atoms with van der Waals surface area (Å²) in [6.45, 7) is 3.93. The second-order valence-electron chi connectivity index (χ2n) is 6.63. The molecule has 3 atom stereocenters. The number of carbonyl (C=O) groups excluding carboxylic acids is 1. The summed E-state index contributed by atoms with van der Waals surface area (Å²) in [6.07, 6.45) is 13.9. The van der Waals surface area contributed by atoms with Crippen molar-refractivity contribution < 1.29 is 19.4 Å². The van der Waals surface area contributed by atoms with Crippen LogP contribution in [0.1, 0.15) is 78.1 Å². The largest absolute Gasteiger partial charge is 0.481 e. The van der Waals surface area contributed by atoms with Crippen LogP contribution in [-0.4, -0.2) is 29.1 Å². The predicted molar refractivity (Wildman–Crippen MR) is 91.5 cm³/mol. The van der Waals surface area contributed by atoms with E-state index >= 15 is 0 Å². The number of hydrogen-bond donors (Lipinski definition) is 1. The molecule has 0 bridgehead atoms. The average Bonchev–Trinajstić information content (AvgIpc) is 3.29. The highest BCUT2D eigenvalue weighted by atomic mass is 16.6. The van der Waals surface area contributed by atoms with Gasteiger partial charge in [0.1, 0.15) is 6.10 Å². The summed E-state index contributed by atoms with van der Waals surface area (Å²) in [5.41, 5.74) is 0. The van der Waals surface area contributed by atoms with Crippen LogP contribution in [0.2, 0.25) is 0 Å². The zero-order valence-corrected chi connectivity index (χ0v) is 14.6. The van der Waals surface area contributed by atoms with Crippen molar-refractivity contribution in [3.05, 3.63) is 12.2 Å². The van der Waals surface area contributed by atoms with E-state index in [0.717, 1.165) is 51.4 Å². The fraction of sp³-hybridized carbons (Fsp3) is 0.789. The maximum absolute atomic E-state index is 11.9. The lowest BCUT2D eigenvalue weighted by atomic mass is 10.0. The highest BCUT2D eigenvalue weighted by Crippen LogP contribution is 2.28. The molecule has 0 aromatic carbocycles. The molecule has 1 aliphatic heterocycles. The third-order valence-electron chi connectivity index (χ3n) is 4.42. The average molecular weight is 324 g/mol. The Kier molecular flexibility index (Phi) is 9.85. The Morgan fingerprint density at radius 3 is 2.57 bits per heavy atom. The van der Waals surface area contributed by atoms with E-state index in [0.29, 0.717) is 0 Å². The van der Waals surface area contributed by atoms with Crippen LogP contribution in [0.25, 0.3) is 0 Å². The lowest BCUT2D eigenvalue weighted by molar-refractivity contribution is -0.141. The summed E-state index contributed by atoms with van der Waals surface area (Å²) in [7, 11) is 0. The van der Waals surface area contributed by atoms with Gasteiger partial charge in [-0.25, -0.2) is 0 Å². The van der Waals surface area contributed by atoms with Crippen LogP contribution in [0.4, 0.5) is 0 Å². The Balaban J connectivity index is 1.98. The van der Waals surface area contributed by atoms with Crippen LogP contribution >= 0.6 is 0 Å². The first-order valence-corrected chi connectivity index (χ1v) is 9.15. The van der Waals surface area contributed by atoms with Crippen LogP contribution in [-0.2, 0) is 14.3 Å². The minimum absolute atomic E-state index is 0.112. The number of rotatable bonds is 14. The van der Waals surface area contributed by atoms with Crippen LogP contribution in [0.5, 0.6) is 0 Å². The van der Waals surface area contributed by atoms with Crippen molar-refractivity contribution in [3.8, 4) is 0 Å². The summed E-state index contributed by atoms with van der Waals surface area (Å²) in [6, 6.07) is 0. The van der Waals surface area contributed by atoms with E-state index in [-0.39, 0.29) is 23.9 Å². The molecule has 1 fully saturated rings. The topological polar surface area (TPSA) is 66.9 Å². The summed E-state index contributed by atoms with van der Waals surface area (Å²) in [4.78, 5) is 22.5. The number of carbonyl (C=O) groups is 2. The SMILES string of the molecule is CCCCC/C=C\C(=O)C1OC1CCCCCCC(C)C(=O)O. The fourth-order valence-electron chi connectivity index (χ4n) is 2.69. The molecule has 1 saturated heterocycles. The highest BCUT2D eigenvalue weighted by molar-refractivity contribution is 5.95. The number of aliphatic carboxylic acids is 1. The van der Waals surface area contributed by atoms with Gasteiger partial charge in [0, 0.05) is 0 Å². The van der Waals surface area contributed by atoms with Crippen molar-refractivity contribution in [3.63, 3.8) is 0 Å². The van der Waals surface area contributed by atoms with Crippen LogP contribution in [0.3, 0.4) is 0 Å². The zero-order valence-electron chi connectivity index (χ0n) is 14.6. The van der Waals surface area contributed by atoms with Gasteiger partial charge in [0.2, 0.25) is 0 Å². The lowest BCUT2D eigenvalue weighted by Crippen LogP contribution is -2.08. The normalized spacial score (nSPS) is 21.5. The molecule has 0 radical (unpaired) electrons. The first-order chi connectivity index (χ1) is 11.1. The van der Waals surface area contributed by atoms with Crippen molar-refractivity contribution in [2.75, 3.05) is 0 Å². The molecule has 0 aliphatic carbocycles. The second kappa shape index (κ2) is 11.4. The first-order valence-electron chi connectivity index (χ1n) is 9.15. The number of carboxylic acids is 1. The van der Waals surface area contributed by atoms with Crippen molar-refractivity contribution in [1.82, 2.24) is 0 Å². The zero-order chi connectivity index (χ0) is 17.1. The van der Waals surface area contributed by atoms with Crippen molar-refractivity contribution in [2.45, 2.75) is 90.3 Å². The van der Waals surface area contributed by atoms with Gasteiger partial charge < -0.3 is 9.84 Å². The van der Waals surface area contributed by atoms with E-state index in [2.05, 4.69) is 6.92 Å². The van der Waals surface area contributed by atoms with Gasteiger partial charge in [-0.1, -0.05) is 58.4 Å². The van der Waals surface area contributed by atoms with Crippen LogP contribution in [0, 0.1) is 5.92 Å². The van der Waals surface area contributed by atoms with Gasteiger partial charge in [-0.05, 0) is 31.8 Å². The Labute approximate surface area is 140 Å². The molecule has 1 heterocycles. The molecule has 0 saturated carbocycles. The van der Waals surface area contributed by atoms with E-state index in [1.54, 1.807) is 13.0 Å². The standard InChI is InChI=1S/C19H32O4/c1-3-4-5-6-10-13-16(20)18-17(23-18)14-11-8-7-9-12-15(2)19(21)22/h10,13,15,17-18H,3-9,11-12,14H2,1-2H3,(H,21,22)/b13-10-. The first kappa shape index (κ1) is 19.9. The van der Waals surface area contributed by atoms with E-state index in [1.807, 2.05) is 6.08 Å². The summed E-state index contributed by atoms with van der Waals surface area (Å²) >= 11 is 0. The molecule has 4 nitrogen and oxygen atoms in total. The minimum Gasteiger partial charge on any atom is -0.481 e. The maximum Gasteiger partial charge on any atom is 0.306 e. The number of hydrogen-bond acceptors (Lipinski definition) is 3. The van der Waals surface area contributed by atoms with Gasteiger partial charge >= 0.3 is 5.97 Å². The third-order valence-corrected chi connectivity index (χ3v) is 4.42. The van der Waals surface area contributed by atoms with E-state index in [4.69, 9.17) is 9.84 Å². The van der Waals surface area contributed by atoms with Crippen LogP contribution in [0.15, 0.2) is 12.2 Å². The molecule has 1 aliphatic rings. The quantitative estimate of drug-likeness (QED) is 0.290. The Bertz CT molecular complexity index is 389. The predicted octanol–water partition coefficient (Wildman–Crippen LogP) is 4.52. The van der Waals surface area contributed by atoms with Gasteiger partial charge in [-0.3, -0.25) is 9.59 Å². The number of epoxide rings is 1. The molecular weight excluding hydrogens is 292 g/mol. The molecular formula is C19H32O4. The number of ether oxygens (including phenoxy) is 1. The molecule has 132 valence electrons. The van der Waals surface area contributed by atoms with Gasteiger partial charge in [0.25, 0.3) is 0 Å². The molecule has 0 aromatic rings. The van der Waals surface area contributed by atoms with Crippen LogP contribution < -0.4 is 0 Å². The van der Waals surface area contributed by atoms with E-state index in [9.17, 15) is 9.59 Å². The van der Waals surface area contributed by atoms with Gasteiger partial charge in [0.15, 0.2) is 5.78 Å². The molecule has 23 heavy (non-hydrogen) atoms. The molecule has 0 amide bonds. The summed E-state index contributed by atoms with van der Waals surface area (Å²) in [5.74, 6) is -0.838. The number of unbranched alkanes of at least 4 members (excludes halogenated alkanes) is 6. The maximum atomic E-state index is 11.9. The third kappa shape index (κ3) is 8.89. The van der Waals surface area contributed by atoms with E-state index < -0.39 is 5.97 Å². The monoisotopic (exact) mass is 324 g/mol. The van der Waals surface area contributed by atoms with Gasteiger partial charge in [-0.2, -0.15) is 0 Å². The van der Waals surface area contributed by atoms with Crippen molar-refractivity contribution >= 4 is 11.8 Å². The summed E-state index contributed by atoms with van der Waals surface area (Å²) < 4.78 is 5.45. The Hall–Kier alpha value is -1.16. The molecule has 3 unspecified atom stereocenters. The van der Waals surface area contributed by atoms with Gasteiger partial charge in [-0.15, -0.1) is 0 Å². The van der Waals surface area contributed by atoms with Gasteiger partial charge in [0.05, 0.1) is 12.0 Å². The number of carboxylic acid groups (broad SMARTS) is 1. The highest BCUT2D eigenvalue weighted by Gasteiger charge is 2.42. The summed E-state index contributed by atoms with van der Waals surface area (Å²) in [5, 5.41) is 8.80. The Morgan fingerprint density at radius 2 is 1.87 bits per heavy atom. The smallest absolute Gasteiger partial charge is 0.306 e. The molecule has 1 rings (SSSR count). The molecule has 0 spiro atoms. The lowest BCUT2D eigenvalue weighted by Gasteiger charge is -2.05. The number of ketones is 1. The minimum atomic E-state index is -0.708. The molecule has 4 heteroatoms. The Morgan fingerprint density at radius 1 is 1.13 bits per heavy atom. The van der Waals surface area contributed by atoms with Crippen molar-refractivity contribution in [2.24, 2.45) is 5.92 Å². The molecule has 0 aromatic heterocycles. The van der Waals surface area contributed by atoms with E-state index in [1.165, 1.54) is 12.8 Å².